The molecular formula is C24H20FNO4S. The van der Waals surface area contributed by atoms with Crippen molar-refractivity contribution in [3.63, 3.8) is 0 Å². The SMILES string of the molecule is Cc1ccc(S(=O)(=O)C2=C(O)C(=O)N(Cc3ccc(F)cc3)C2c2ccccc2)cc1. The minimum absolute atomic E-state index is 0.00277. The number of benzene rings is 3. The van der Waals surface area contributed by atoms with Gasteiger partial charge >= 0.3 is 0 Å². The molecule has 0 aromatic heterocycles. The highest BCUT2D eigenvalue weighted by molar-refractivity contribution is 7.95. The predicted molar refractivity (Wildman–Crippen MR) is 114 cm³/mol. The zero-order valence-corrected chi connectivity index (χ0v) is 17.5. The van der Waals surface area contributed by atoms with E-state index >= 15 is 0 Å². The minimum atomic E-state index is -4.16. The Balaban J connectivity index is 1.83. The van der Waals surface area contributed by atoms with Gasteiger partial charge in [-0.15, -0.1) is 0 Å². The summed E-state index contributed by atoms with van der Waals surface area (Å²) >= 11 is 0. The van der Waals surface area contributed by atoms with E-state index in [9.17, 15) is 22.7 Å². The molecule has 1 aliphatic rings. The number of hydrogen-bond donors (Lipinski definition) is 1. The van der Waals surface area contributed by atoms with E-state index in [-0.39, 0.29) is 16.3 Å². The van der Waals surface area contributed by atoms with Gasteiger partial charge in [0.2, 0.25) is 9.84 Å². The molecule has 1 heterocycles. The molecule has 1 atom stereocenters. The molecule has 0 saturated heterocycles. The largest absolute Gasteiger partial charge is 0.502 e. The standard InChI is InChI=1S/C24H20FNO4S/c1-16-7-13-20(14-8-16)31(29,30)23-21(18-5-3-2-4-6-18)26(24(28)22(23)27)15-17-9-11-19(25)12-10-17/h2-14,21,27H,15H2,1H3. The summed E-state index contributed by atoms with van der Waals surface area (Å²) in [6.07, 6.45) is 0. The molecule has 7 heteroatoms. The van der Waals surface area contributed by atoms with Gasteiger partial charge in [0.25, 0.3) is 5.91 Å². The number of aliphatic hydroxyl groups is 1. The van der Waals surface area contributed by atoms with Crippen LogP contribution in [0, 0.1) is 12.7 Å². The normalized spacial score (nSPS) is 16.8. The molecule has 31 heavy (non-hydrogen) atoms. The molecule has 3 aromatic carbocycles. The van der Waals surface area contributed by atoms with Gasteiger partial charge in [0.05, 0.1) is 10.9 Å². The van der Waals surface area contributed by atoms with Crippen molar-refractivity contribution in [2.45, 2.75) is 24.4 Å². The fraction of sp³-hybridized carbons (Fsp3) is 0.125. The van der Waals surface area contributed by atoms with Crippen LogP contribution < -0.4 is 0 Å². The van der Waals surface area contributed by atoms with Crippen molar-refractivity contribution >= 4 is 15.7 Å². The Labute approximate surface area is 180 Å². The average Bonchev–Trinajstić information content (AvgIpc) is 3.02. The van der Waals surface area contributed by atoms with Crippen LogP contribution in [0.4, 0.5) is 4.39 Å². The highest BCUT2D eigenvalue weighted by Crippen LogP contribution is 2.43. The van der Waals surface area contributed by atoms with Gasteiger partial charge in [0, 0.05) is 6.54 Å². The Morgan fingerprint density at radius 3 is 2.16 bits per heavy atom. The van der Waals surface area contributed by atoms with E-state index in [1.165, 1.54) is 41.3 Å². The van der Waals surface area contributed by atoms with E-state index in [2.05, 4.69) is 0 Å². The van der Waals surface area contributed by atoms with Crippen LogP contribution in [0.5, 0.6) is 0 Å². The van der Waals surface area contributed by atoms with Crippen LogP contribution >= 0.6 is 0 Å². The number of hydrogen-bond acceptors (Lipinski definition) is 4. The summed E-state index contributed by atoms with van der Waals surface area (Å²) in [4.78, 5) is 13.9. The first kappa shape index (κ1) is 20.8. The molecule has 0 bridgehead atoms. The van der Waals surface area contributed by atoms with Crippen LogP contribution in [0.2, 0.25) is 0 Å². The quantitative estimate of drug-likeness (QED) is 0.640. The predicted octanol–water partition coefficient (Wildman–Crippen LogP) is 4.46. The van der Waals surface area contributed by atoms with Crippen LogP contribution in [0.15, 0.2) is 94.4 Å². The number of aryl methyl sites for hydroxylation is 1. The van der Waals surface area contributed by atoms with Crippen LogP contribution in [0.25, 0.3) is 0 Å². The summed E-state index contributed by atoms with van der Waals surface area (Å²) in [5, 5.41) is 10.7. The van der Waals surface area contributed by atoms with E-state index in [0.717, 1.165) is 5.56 Å². The summed E-state index contributed by atoms with van der Waals surface area (Å²) in [6, 6.07) is 19.5. The fourth-order valence-corrected chi connectivity index (χ4v) is 5.31. The maximum atomic E-state index is 13.5. The molecule has 1 aliphatic heterocycles. The molecule has 0 saturated carbocycles. The first-order valence-electron chi connectivity index (χ1n) is 9.64. The van der Waals surface area contributed by atoms with E-state index in [0.29, 0.717) is 11.1 Å². The van der Waals surface area contributed by atoms with Crippen molar-refractivity contribution in [2.24, 2.45) is 0 Å². The number of sulfone groups is 1. The Morgan fingerprint density at radius 2 is 1.55 bits per heavy atom. The van der Waals surface area contributed by atoms with Gasteiger partial charge < -0.3 is 10.0 Å². The number of aliphatic hydroxyl groups excluding tert-OH is 1. The fourth-order valence-electron chi connectivity index (χ4n) is 3.66. The molecule has 5 nitrogen and oxygen atoms in total. The highest BCUT2D eigenvalue weighted by atomic mass is 32.2. The summed E-state index contributed by atoms with van der Waals surface area (Å²) in [7, 11) is -4.16. The minimum Gasteiger partial charge on any atom is -0.502 e. The van der Waals surface area contributed by atoms with Crippen molar-refractivity contribution in [2.75, 3.05) is 0 Å². The molecule has 1 unspecified atom stereocenters. The van der Waals surface area contributed by atoms with Crippen molar-refractivity contribution in [3.8, 4) is 0 Å². The van der Waals surface area contributed by atoms with Gasteiger partial charge in [0.15, 0.2) is 5.76 Å². The smallest absolute Gasteiger partial charge is 0.290 e. The van der Waals surface area contributed by atoms with Crippen molar-refractivity contribution < 1.29 is 22.7 Å². The Kier molecular flexibility index (Phi) is 5.37. The number of rotatable bonds is 5. The average molecular weight is 437 g/mol. The molecule has 0 spiro atoms. The maximum absolute atomic E-state index is 13.5. The lowest BCUT2D eigenvalue weighted by atomic mass is 10.1. The maximum Gasteiger partial charge on any atom is 0.290 e. The second kappa shape index (κ2) is 8.00. The van der Waals surface area contributed by atoms with Crippen molar-refractivity contribution in [1.29, 1.82) is 0 Å². The van der Waals surface area contributed by atoms with Crippen molar-refractivity contribution in [1.82, 2.24) is 4.90 Å². The monoisotopic (exact) mass is 437 g/mol. The number of nitrogens with zero attached hydrogens (tertiary/aromatic N) is 1. The molecule has 0 aliphatic carbocycles. The van der Waals surface area contributed by atoms with E-state index < -0.39 is 33.4 Å². The molecule has 1 amide bonds. The second-order valence-electron chi connectivity index (χ2n) is 7.40. The second-order valence-corrected chi connectivity index (χ2v) is 9.32. The molecular weight excluding hydrogens is 417 g/mol. The number of carbonyl (C=O) groups excluding carboxylic acids is 1. The third-order valence-corrected chi connectivity index (χ3v) is 7.15. The first-order chi connectivity index (χ1) is 14.8. The zero-order valence-electron chi connectivity index (χ0n) is 16.7. The van der Waals surface area contributed by atoms with Crippen LogP contribution in [-0.2, 0) is 21.2 Å². The van der Waals surface area contributed by atoms with Gasteiger partial charge in [-0.3, -0.25) is 4.79 Å². The first-order valence-corrected chi connectivity index (χ1v) is 11.1. The molecule has 0 radical (unpaired) electrons. The lowest BCUT2D eigenvalue weighted by Gasteiger charge is -2.27. The third kappa shape index (κ3) is 3.84. The van der Waals surface area contributed by atoms with Crippen LogP contribution in [0.3, 0.4) is 0 Å². The molecule has 158 valence electrons. The van der Waals surface area contributed by atoms with Gasteiger partial charge in [-0.05, 0) is 42.3 Å². The highest BCUT2D eigenvalue weighted by Gasteiger charge is 2.46. The summed E-state index contributed by atoms with van der Waals surface area (Å²) in [5.74, 6) is -2.00. The van der Waals surface area contributed by atoms with Gasteiger partial charge in [0.1, 0.15) is 10.7 Å². The third-order valence-electron chi connectivity index (χ3n) is 5.26. The lowest BCUT2D eigenvalue weighted by Crippen LogP contribution is -2.30. The van der Waals surface area contributed by atoms with Gasteiger partial charge in [-0.2, -0.15) is 0 Å². The van der Waals surface area contributed by atoms with Crippen LogP contribution in [0.1, 0.15) is 22.7 Å². The summed E-state index contributed by atoms with van der Waals surface area (Å²) in [6.45, 7) is 1.85. The molecule has 3 aromatic rings. The number of carbonyl (C=O) groups is 1. The zero-order chi connectivity index (χ0) is 22.2. The Hall–Kier alpha value is -3.45. The van der Waals surface area contributed by atoms with Gasteiger partial charge in [-0.1, -0.05) is 60.2 Å². The molecule has 0 fully saturated rings. The molecule has 4 rings (SSSR count). The van der Waals surface area contributed by atoms with E-state index in [1.807, 2.05) is 6.92 Å². The van der Waals surface area contributed by atoms with E-state index in [1.54, 1.807) is 42.5 Å². The number of amides is 1. The Bertz CT molecular complexity index is 1250. The van der Waals surface area contributed by atoms with E-state index in [4.69, 9.17) is 0 Å². The number of halogens is 1. The Morgan fingerprint density at radius 1 is 0.935 bits per heavy atom. The summed E-state index contributed by atoms with van der Waals surface area (Å²) in [5.41, 5.74) is 2.04. The van der Waals surface area contributed by atoms with Gasteiger partial charge in [-0.25, -0.2) is 12.8 Å². The lowest BCUT2D eigenvalue weighted by molar-refractivity contribution is -0.130. The van der Waals surface area contributed by atoms with Crippen molar-refractivity contribution in [3.05, 3.63) is 112 Å². The van der Waals surface area contributed by atoms with Crippen LogP contribution in [-0.4, -0.2) is 24.3 Å². The summed E-state index contributed by atoms with van der Waals surface area (Å²) < 4.78 is 40.3. The molecule has 1 N–H and O–H groups in total. The topological polar surface area (TPSA) is 74.7 Å².